The standard InChI is InChI=1S/C15H25NO2/c1-5-9-16-14(11-18-6-2)13-10-12(3)7-8-15(13)17-4/h7-8,10,14,16H,5-6,9,11H2,1-4H3. The van der Waals surface area contributed by atoms with E-state index in [4.69, 9.17) is 9.47 Å². The summed E-state index contributed by atoms with van der Waals surface area (Å²) in [4.78, 5) is 0. The molecule has 1 N–H and O–H groups in total. The van der Waals surface area contributed by atoms with Crippen molar-refractivity contribution in [3.8, 4) is 5.75 Å². The first kappa shape index (κ1) is 15.0. The molecular formula is C15H25NO2. The Kier molecular flexibility index (Phi) is 6.76. The summed E-state index contributed by atoms with van der Waals surface area (Å²) < 4.78 is 11.0. The van der Waals surface area contributed by atoms with Crippen molar-refractivity contribution < 1.29 is 9.47 Å². The van der Waals surface area contributed by atoms with E-state index in [2.05, 4.69) is 31.3 Å². The Balaban J connectivity index is 2.90. The molecule has 18 heavy (non-hydrogen) atoms. The van der Waals surface area contributed by atoms with Crippen LogP contribution in [0.3, 0.4) is 0 Å². The van der Waals surface area contributed by atoms with Gasteiger partial charge in [0.1, 0.15) is 5.75 Å². The zero-order valence-corrected chi connectivity index (χ0v) is 12.0. The van der Waals surface area contributed by atoms with Crippen LogP contribution >= 0.6 is 0 Å². The first-order chi connectivity index (χ1) is 8.72. The maximum absolute atomic E-state index is 5.57. The number of hydrogen-bond acceptors (Lipinski definition) is 3. The summed E-state index contributed by atoms with van der Waals surface area (Å²) in [6.07, 6.45) is 1.11. The lowest BCUT2D eigenvalue weighted by Crippen LogP contribution is -2.27. The molecule has 0 radical (unpaired) electrons. The molecule has 0 amide bonds. The predicted octanol–water partition coefficient (Wildman–Crippen LogP) is 3.08. The minimum Gasteiger partial charge on any atom is -0.496 e. The normalized spacial score (nSPS) is 12.4. The summed E-state index contributed by atoms with van der Waals surface area (Å²) in [6.45, 7) is 8.67. The van der Waals surface area contributed by atoms with Gasteiger partial charge in [-0.3, -0.25) is 0 Å². The van der Waals surface area contributed by atoms with E-state index < -0.39 is 0 Å². The van der Waals surface area contributed by atoms with Crippen molar-refractivity contribution in [1.29, 1.82) is 0 Å². The predicted molar refractivity (Wildman–Crippen MR) is 75.3 cm³/mol. The summed E-state index contributed by atoms with van der Waals surface area (Å²) >= 11 is 0. The Morgan fingerprint density at radius 2 is 2.06 bits per heavy atom. The smallest absolute Gasteiger partial charge is 0.123 e. The van der Waals surface area contributed by atoms with Crippen molar-refractivity contribution in [3.63, 3.8) is 0 Å². The Morgan fingerprint density at radius 3 is 2.67 bits per heavy atom. The van der Waals surface area contributed by atoms with Crippen LogP contribution in [0.2, 0.25) is 0 Å². The van der Waals surface area contributed by atoms with Gasteiger partial charge in [0.15, 0.2) is 0 Å². The van der Waals surface area contributed by atoms with Crippen LogP contribution in [0.1, 0.15) is 37.4 Å². The number of methoxy groups -OCH3 is 1. The van der Waals surface area contributed by atoms with Crippen LogP contribution in [0, 0.1) is 6.92 Å². The molecule has 1 atom stereocenters. The SMILES string of the molecule is CCCNC(COCC)c1cc(C)ccc1OC. The summed E-state index contributed by atoms with van der Waals surface area (Å²) in [5, 5.41) is 3.52. The molecule has 0 heterocycles. The molecule has 1 aromatic carbocycles. The molecule has 0 aliphatic carbocycles. The van der Waals surface area contributed by atoms with E-state index in [9.17, 15) is 0 Å². The molecule has 0 aliphatic heterocycles. The second kappa shape index (κ2) is 8.11. The molecule has 0 bridgehead atoms. The minimum atomic E-state index is 0.194. The number of rotatable bonds is 8. The van der Waals surface area contributed by atoms with Crippen LogP contribution in [0.4, 0.5) is 0 Å². The van der Waals surface area contributed by atoms with Gasteiger partial charge in [-0.05, 0) is 32.9 Å². The van der Waals surface area contributed by atoms with Crippen LogP contribution in [-0.4, -0.2) is 26.9 Å². The first-order valence-electron chi connectivity index (χ1n) is 6.68. The molecule has 0 saturated carbocycles. The average Bonchev–Trinajstić information content (AvgIpc) is 2.39. The molecule has 1 rings (SSSR count). The van der Waals surface area contributed by atoms with Gasteiger partial charge in [-0.15, -0.1) is 0 Å². The third-order valence-electron chi connectivity index (χ3n) is 2.89. The Labute approximate surface area is 110 Å². The van der Waals surface area contributed by atoms with E-state index in [0.29, 0.717) is 6.61 Å². The molecule has 102 valence electrons. The second-order valence-corrected chi connectivity index (χ2v) is 4.41. The van der Waals surface area contributed by atoms with E-state index in [1.165, 1.54) is 11.1 Å². The Morgan fingerprint density at radius 1 is 1.28 bits per heavy atom. The molecule has 0 fully saturated rings. The maximum atomic E-state index is 5.57. The largest absolute Gasteiger partial charge is 0.496 e. The molecule has 0 spiro atoms. The van der Waals surface area contributed by atoms with Crippen molar-refractivity contribution in [3.05, 3.63) is 29.3 Å². The number of nitrogens with one attached hydrogen (secondary N) is 1. The van der Waals surface area contributed by atoms with Gasteiger partial charge in [0.2, 0.25) is 0 Å². The quantitative estimate of drug-likeness (QED) is 0.770. The topological polar surface area (TPSA) is 30.5 Å². The lowest BCUT2D eigenvalue weighted by Gasteiger charge is -2.21. The Bertz CT molecular complexity index is 344. The minimum absolute atomic E-state index is 0.194. The molecule has 0 aromatic heterocycles. The highest BCUT2D eigenvalue weighted by Gasteiger charge is 2.15. The molecule has 1 unspecified atom stereocenters. The maximum Gasteiger partial charge on any atom is 0.123 e. The van der Waals surface area contributed by atoms with Gasteiger partial charge in [-0.2, -0.15) is 0 Å². The second-order valence-electron chi connectivity index (χ2n) is 4.41. The fourth-order valence-electron chi connectivity index (χ4n) is 1.94. The fraction of sp³-hybridized carbons (Fsp3) is 0.600. The van der Waals surface area contributed by atoms with Crippen LogP contribution in [0.5, 0.6) is 5.75 Å². The number of hydrogen-bond donors (Lipinski definition) is 1. The van der Waals surface area contributed by atoms with Crippen molar-refractivity contribution in [1.82, 2.24) is 5.32 Å². The van der Waals surface area contributed by atoms with Gasteiger partial charge in [0.05, 0.1) is 19.8 Å². The highest BCUT2D eigenvalue weighted by Crippen LogP contribution is 2.26. The van der Waals surface area contributed by atoms with Crippen LogP contribution in [0.15, 0.2) is 18.2 Å². The molecule has 3 heteroatoms. The third kappa shape index (κ3) is 4.31. The zero-order valence-electron chi connectivity index (χ0n) is 12.0. The van der Waals surface area contributed by atoms with Crippen molar-refractivity contribution in [2.75, 3.05) is 26.9 Å². The highest BCUT2D eigenvalue weighted by molar-refractivity contribution is 5.39. The Hall–Kier alpha value is -1.06. The molecule has 3 nitrogen and oxygen atoms in total. The van der Waals surface area contributed by atoms with Crippen molar-refractivity contribution >= 4 is 0 Å². The zero-order chi connectivity index (χ0) is 13.4. The molecule has 0 aliphatic rings. The van der Waals surface area contributed by atoms with Crippen molar-refractivity contribution in [2.24, 2.45) is 0 Å². The number of aryl methyl sites for hydroxylation is 1. The molecule has 1 aromatic rings. The monoisotopic (exact) mass is 251 g/mol. The van der Waals surface area contributed by atoms with Crippen LogP contribution in [-0.2, 0) is 4.74 Å². The van der Waals surface area contributed by atoms with Gasteiger partial charge < -0.3 is 14.8 Å². The summed E-state index contributed by atoms with van der Waals surface area (Å²) in [7, 11) is 1.71. The average molecular weight is 251 g/mol. The van der Waals surface area contributed by atoms with Gasteiger partial charge in [0, 0.05) is 12.2 Å². The van der Waals surface area contributed by atoms with Crippen LogP contribution < -0.4 is 10.1 Å². The van der Waals surface area contributed by atoms with Crippen molar-refractivity contribution in [2.45, 2.75) is 33.2 Å². The summed E-state index contributed by atoms with van der Waals surface area (Å²) in [6, 6.07) is 6.46. The van der Waals surface area contributed by atoms with Gasteiger partial charge >= 0.3 is 0 Å². The van der Waals surface area contributed by atoms with E-state index >= 15 is 0 Å². The first-order valence-corrected chi connectivity index (χ1v) is 6.68. The number of ether oxygens (including phenoxy) is 2. The lowest BCUT2D eigenvalue weighted by atomic mass is 10.0. The molecule has 0 saturated heterocycles. The third-order valence-corrected chi connectivity index (χ3v) is 2.89. The van der Waals surface area contributed by atoms with Crippen LogP contribution in [0.25, 0.3) is 0 Å². The summed E-state index contributed by atoms with van der Waals surface area (Å²) in [5.41, 5.74) is 2.42. The van der Waals surface area contributed by atoms with E-state index in [-0.39, 0.29) is 6.04 Å². The van der Waals surface area contributed by atoms with Gasteiger partial charge in [-0.1, -0.05) is 24.6 Å². The number of benzene rings is 1. The summed E-state index contributed by atoms with van der Waals surface area (Å²) in [5.74, 6) is 0.925. The van der Waals surface area contributed by atoms with Gasteiger partial charge in [-0.25, -0.2) is 0 Å². The van der Waals surface area contributed by atoms with E-state index in [0.717, 1.165) is 25.3 Å². The molecular weight excluding hydrogens is 226 g/mol. The van der Waals surface area contributed by atoms with E-state index in [1.807, 2.05) is 13.0 Å². The highest BCUT2D eigenvalue weighted by atomic mass is 16.5. The lowest BCUT2D eigenvalue weighted by molar-refractivity contribution is 0.122. The van der Waals surface area contributed by atoms with E-state index in [1.54, 1.807) is 7.11 Å². The van der Waals surface area contributed by atoms with Gasteiger partial charge in [0.25, 0.3) is 0 Å². The fourth-order valence-corrected chi connectivity index (χ4v) is 1.94.